The van der Waals surface area contributed by atoms with Crippen LogP contribution < -0.4 is 4.72 Å². The van der Waals surface area contributed by atoms with Crippen LogP contribution in [0.15, 0.2) is 41.3 Å². The Morgan fingerprint density at radius 3 is 2.58 bits per heavy atom. The summed E-state index contributed by atoms with van der Waals surface area (Å²) in [5, 5.41) is 0. The van der Waals surface area contributed by atoms with Crippen molar-refractivity contribution in [1.29, 1.82) is 0 Å². The molecule has 1 fully saturated rings. The van der Waals surface area contributed by atoms with E-state index in [2.05, 4.69) is 11.3 Å². The van der Waals surface area contributed by atoms with Gasteiger partial charge >= 0.3 is 0 Å². The minimum Gasteiger partial charge on any atom is -0.335 e. The normalized spacial score (nSPS) is 15.4. The average molecular weight is 350 g/mol. The van der Waals surface area contributed by atoms with Crippen LogP contribution in [0.3, 0.4) is 0 Å². The first-order valence-corrected chi connectivity index (χ1v) is 9.88. The highest BCUT2D eigenvalue weighted by Gasteiger charge is 2.24. The second-order valence-electron chi connectivity index (χ2n) is 6.41. The molecule has 0 bridgehead atoms. The number of rotatable bonds is 7. The van der Waals surface area contributed by atoms with E-state index in [1.807, 2.05) is 13.8 Å². The molecule has 0 unspecified atom stereocenters. The molecule has 0 aliphatic heterocycles. The zero-order chi connectivity index (χ0) is 17.7. The SMILES string of the molecule is C=C(C)CN(CC)C(=O)c1cccc(S(=O)(=O)NC2CCCC2)c1. The molecule has 0 saturated heterocycles. The van der Waals surface area contributed by atoms with Gasteiger partial charge in [-0.05, 0) is 44.9 Å². The zero-order valence-electron chi connectivity index (χ0n) is 14.4. The van der Waals surface area contributed by atoms with Crippen LogP contribution in [0.2, 0.25) is 0 Å². The smallest absolute Gasteiger partial charge is 0.254 e. The van der Waals surface area contributed by atoms with Crippen LogP contribution in [0.25, 0.3) is 0 Å². The summed E-state index contributed by atoms with van der Waals surface area (Å²) in [5.41, 5.74) is 1.27. The third-order valence-electron chi connectivity index (χ3n) is 4.20. The van der Waals surface area contributed by atoms with E-state index in [1.54, 1.807) is 17.0 Å². The number of benzene rings is 1. The highest BCUT2D eigenvalue weighted by Crippen LogP contribution is 2.21. The van der Waals surface area contributed by atoms with E-state index in [4.69, 9.17) is 0 Å². The molecule has 5 nitrogen and oxygen atoms in total. The lowest BCUT2D eigenvalue weighted by atomic mass is 10.2. The molecule has 0 atom stereocenters. The van der Waals surface area contributed by atoms with Crippen LogP contribution in [-0.2, 0) is 10.0 Å². The molecule has 24 heavy (non-hydrogen) atoms. The Labute approximate surface area is 144 Å². The average Bonchev–Trinajstić information content (AvgIpc) is 3.04. The van der Waals surface area contributed by atoms with Crippen molar-refractivity contribution in [3.05, 3.63) is 42.0 Å². The van der Waals surface area contributed by atoms with Crippen molar-refractivity contribution >= 4 is 15.9 Å². The van der Waals surface area contributed by atoms with Crippen molar-refractivity contribution in [1.82, 2.24) is 9.62 Å². The summed E-state index contributed by atoms with van der Waals surface area (Å²) in [6.45, 7) is 8.60. The fraction of sp³-hybridized carbons (Fsp3) is 0.500. The van der Waals surface area contributed by atoms with E-state index in [9.17, 15) is 13.2 Å². The molecular formula is C18H26N2O3S. The molecular weight excluding hydrogens is 324 g/mol. The summed E-state index contributed by atoms with van der Waals surface area (Å²) >= 11 is 0. The molecule has 0 aromatic heterocycles. The van der Waals surface area contributed by atoms with Crippen LogP contribution in [0.5, 0.6) is 0 Å². The molecule has 2 rings (SSSR count). The second-order valence-corrected chi connectivity index (χ2v) is 8.12. The van der Waals surface area contributed by atoms with Crippen molar-refractivity contribution in [2.75, 3.05) is 13.1 Å². The summed E-state index contributed by atoms with van der Waals surface area (Å²) in [6.07, 6.45) is 3.86. The molecule has 1 aromatic carbocycles. The van der Waals surface area contributed by atoms with Crippen LogP contribution >= 0.6 is 0 Å². The van der Waals surface area contributed by atoms with Gasteiger partial charge in [-0.15, -0.1) is 0 Å². The standard InChI is InChI=1S/C18H26N2O3S/c1-4-20(13-14(2)3)18(21)15-8-7-11-17(12-15)24(22,23)19-16-9-5-6-10-16/h7-8,11-12,16,19H,2,4-6,9-10,13H2,1,3H3. The lowest BCUT2D eigenvalue weighted by molar-refractivity contribution is 0.0778. The second kappa shape index (κ2) is 7.94. The summed E-state index contributed by atoms with van der Waals surface area (Å²) in [5.74, 6) is -0.182. The first-order valence-electron chi connectivity index (χ1n) is 8.39. The minimum atomic E-state index is -3.59. The van der Waals surface area contributed by atoms with Crippen molar-refractivity contribution in [2.45, 2.75) is 50.5 Å². The van der Waals surface area contributed by atoms with Gasteiger partial charge in [-0.25, -0.2) is 13.1 Å². The Balaban J connectivity index is 2.21. The molecule has 1 aliphatic rings. The number of carbonyl (C=O) groups is 1. The Morgan fingerprint density at radius 2 is 2.00 bits per heavy atom. The molecule has 1 saturated carbocycles. The lowest BCUT2D eigenvalue weighted by Gasteiger charge is -2.21. The summed E-state index contributed by atoms with van der Waals surface area (Å²) < 4.78 is 27.8. The van der Waals surface area contributed by atoms with Gasteiger partial charge in [0.05, 0.1) is 4.90 Å². The van der Waals surface area contributed by atoms with Gasteiger partial charge < -0.3 is 4.90 Å². The van der Waals surface area contributed by atoms with E-state index >= 15 is 0 Å². The molecule has 132 valence electrons. The fourth-order valence-electron chi connectivity index (χ4n) is 2.96. The van der Waals surface area contributed by atoms with E-state index < -0.39 is 10.0 Å². The molecule has 0 heterocycles. The lowest BCUT2D eigenvalue weighted by Crippen LogP contribution is -2.34. The molecule has 1 amide bonds. The molecule has 1 aliphatic carbocycles. The third kappa shape index (κ3) is 4.68. The number of nitrogens with one attached hydrogen (secondary N) is 1. The van der Waals surface area contributed by atoms with Crippen LogP contribution in [-0.4, -0.2) is 38.4 Å². The number of nitrogens with zero attached hydrogens (tertiary/aromatic N) is 1. The number of hydrogen-bond acceptors (Lipinski definition) is 3. The van der Waals surface area contributed by atoms with Gasteiger partial charge in [0.15, 0.2) is 0 Å². The number of amides is 1. The van der Waals surface area contributed by atoms with Crippen LogP contribution in [0.4, 0.5) is 0 Å². The Hall–Kier alpha value is -1.66. The van der Waals surface area contributed by atoms with Gasteiger partial charge in [0.25, 0.3) is 5.91 Å². The van der Waals surface area contributed by atoms with Gasteiger partial charge in [-0.1, -0.05) is 31.1 Å². The van der Waals surface area contributed by atoms with Crippen molar-refractivity contribution in [3.63, 3.8) is 0 Å². The molecule has 1 aromatic rings. The van der Waals surface area contributed by atoms with Gasteiger partial charge in [0, 0.05) is 24.7 Å². The zero-order valence-corrected chi connectivity index (χ0v) is 15.2. The number of likely N-dealkylation sites (N-methyl/N-ethyl adjacent to an activating group) is 1. The molecule has 0 radical (unpaired) electrons. The summed E-state index contributed by atoms with van der Waals surface area (Å²) in [7, 11) is -3.59. The van der Waals surface area contributed by atoms with Crippen LogP contribution in [0, 0.1) is 0 Å². The van der Waals surface area contributed by atoms with Crippen LogP contribution in [0.1, 0.15) is 49.9 Å². The van der Waals surface area contributed by atoms with Crippen molar-refractivity contribution < 1.29 is 13.2 Å². The highest BCUT2D eigenvalue weighted by atomic mass is 32.2. The monoisotopic (exact) mass is 350 g/mol. The van der Waals surface area contributed by atoms with Crippen molar-refractivity contribution in [2.24, 2.45) is 0 Å². The molecule has 1 N–H and O–H groups in total. The van der Waals surface area contributed by atoms with E-state index in [1.165, 1.54) is 12.1 Å². The first kappa shape index (κ1) is 18.7. The highest BCUT2D eigenvalue weighted by molar-refractivity contribution is 7.89. The topological polar surface area (TPSA) is 66.5 Å². The van der Waals surface area contributed by atoms with Gasteiger partial charge in [-0.3, -0.25) is 4.79 Å². The van der Waals surface area contributed by atoms with Gasteiger partial charge in [-0.2, -0.15) is 0 Å². The predicted octanol–water partition coefficient (Wildman–Crippen LogP) is 2.95. The quantitative estimate of drug-likeness (QED) is 0.769. The Kier molecular flexibility index (Phi) is 6.18. The predicted molar refractivity (Wildman–Crippen MR) is 95.4 cm³/mol. The van der Waals surface area contributed by atoms with E-state index in [-0.39, 0.29) is 16.8 Å². The number of carbonyl (C=O) groups excluding carboxylic acids is 1. The fourth-order valence-corrected chi connectivity index (χ4v) is 4.31. The Bertz CT molecular complexity index is 707. The maximum absolute atomic E-state index is 12.6. The summed E-state index contributed by atoms with van der Waals surface area (Å²) in [6, 6.07) is 6.26. The van der Waals surface area contributed by atoms with Gasteiger partial charge in [0.1, 0.15) is 0 Å². The molecule has 6 heteroatoms. The number of hydrogen-bond donors (Lipinski definition) is 1. The largest absolute Gasteiger partial charge is 0.335 e. The van der Waals surface area contributed by atoms with E-state index in [0.29, 0.717) is 18.7 Å². The minimum absolute atomic E-state index is 0.00455. The van der Waals surface area contributed by atoms with E-state index in [0.717, 1.165) is 31.3 Å². The van der Waals surface area contributed by atoms with Gasteiger partial charge in [0.2, 0.25) is 10.0 Å². The number of sulfonamides is 1. The molecule has 0 spiro atoms. The Morgan fingerprint density at radius 1 is 1.33 bits per heavy atom. The third-order valence-corrected chi connectivity index (χ3v) is 5.72. The maximum atomic E-state index is 12.6. The van der Waals surface area contributed by atoms with Crippen molar-refractivity contribution in [3.8, 4) is 0 Å². The summed E-state index contributed by atoms with van der Waals surface area (Å²) in [4.78, 5) is 14.4. The first-order chi connectivity index (χ1) is 11.3. The maximum Gasteiger partial charge on any atom is 0.254 e.